The van der Waals surface area contributed by atoms with Crippen molar-refractivity contribution in [1.82, 2.24) is 10.3 Å². The van der Waals surface area contributed by atoms with Crippen LogP contribution in [0.2, 0.25) is 0 Å². The number of nitrogens with one attached hydrogen (secondary N) is 2. The lowest BCUT2D eigenvalue weighted by Crippen LogP contribution is -2.01. The number of aromatic nitrogens is 1. The summed E-state index contributed by atoms with van der Waals surface area (Å²) >= 11 is 0. The predicted molar refractivity (Wildman–Crippen MR) is 55.4 cm³/mol. The molecule has 2 heterocycles. The molecule has 1 aromatic heterocycles. The third-order valence-corrected chi connectivity index (χ3v) is 2.81. The van der Waals surface area contributed by atoms with E-state index in [1.165, 1.54) is 22.2 Å². The molecule has 3 nitrogen and oxygen atoms in total. The van der Waals surface area contributed by atoms with E-state index >= 15 is 0 Å². The van der Waals surface area contributed by atoms with Crippen molar-refractivity contribution in [3.8, 4) is 5.75 Å². The number of hydrogen-bond donors (Lipinski definition) is 2. The van der Waals surface area contributed by atoms with Crippen molar-refractivity contribution in [1.29, 1.82) is 0 Å². The number of aromatic amines is 1. The van der Waals surface area contributed by atoms with E-state index in [0.29, 0.717) is 0 Å². The zero-order chi connectivity index (χ0) is 9.54. The van der Waals surface area contributed by atoms with Gasteiger partial charge in [0.1, 0.15) is 5.75 Å². The summed E-state index contributed by atoms with van der Waals surface area (Å²) in [6, 6.07) is 6.18. The van der Waals surface area contributed by atoms with E-state index in [1.807, 2.05) is 12.1 Å². The van der Waals surface area contributed by atoms with Crippen LogP contribution < -0.4 is 10.1 Å². The molecule has 1 aliphatic heterocycles. The monoisotopic (exact) mass is 188 g/mol. The minimum absolute atomic E-state index is 0.908. The molecule has 0 amide bonds. The van der Waals surface area contributed by atoms with Crippen molar-refractivity contribution in [3.05, 3.63) is 29.5 Å². The quantitative estimate of drug-likeness (QED) is 0.715. The van der Waals surface area contributed by atoms with Gasteiger partial charge in [0.25, 0.3) is 0 Å². The second kappa shape index (κ2) is 2.75. The molecule has 0 atom stereocenters. The number of hydrogen-bond acceptors (Lipinski definition) is 2. The average Bonchev–Trinajstić information content (AvgIpc) is 2.75. The highest BCUT2D eigenvalue weighted by atomic mass is 16.5. The van der Waals surface area contributed by atoms with Crippen LogP contribution in [0.5, 0.6) is 5.75 Å². The Hall–Kier alpha value is -1.48. The molecule has 3 heteroatoms. The Morgan fingerprint density at radius 2 is 2.21 bits per heavy atom. The first-order valence-electron chi connectivity index (χ1n) is 4.76. The summed E-state index contributed by atoms with van der Waals surface area (Å²) < 4.78 is 5.19. The molecule has 1 aromatic carbocycles. The van der Waals surface area contributed by atoms with Crippen LogP contribution in [0.1, 0.15) is 11.3 Å². The minimum atomic E-state index is 0.908. The van der Waals surface area contributed by atoms with Crippen molar-refractivity contribution in [2.24, 2.45) is 0 Å². The second-order valence-electron chi connectivity index (χ2n) is 3.60. The molecular weight excluding hydrogens is 176 g/mol. The lowest BCUT2D eigenvalue weighted by Gasteiger charge is -1.99. The Morgan fingerprint density at radius 1 is 1.29 bits per heavy atom. The summed E-state index contributed by atoms with van der Waals surface area (Å²) in [7, 11) is 1.69. The van der Waals surface area contributed by atoms with Gasteiger partial charge in [0.05, 0.1) is 7.11 Å². The van der Waals surface area contributed by atoms with Gasteiger partial charge in [-0.25, -0.2) is 0 Å². The van der Waals surface area contributed by atoms with Crippen molar-refractivity contribution in [3.63, 3.8) is 0 Å². The highest BCUT2D eigenvalue weighted by molar-refractivity contribution is 5.86. The van der Waals surface area contributed by atoms with Crippen LogP contribution >= 0.6 is 0 Å². The number of benzene rings is 1. The van der Waals surface area contributed by atoms with Gasteiger partial charge in [-0.15, -0.1) is 0 Å². The van der Waals surface area contributed by atoms with E-state index < -0.39 is 0 Å². The SMILES string of the molecule is COc1ccc2c3c([nH]c2c1)CNC3. The van der Waals surface area contributed by atoms with Gasteiger partial charge in [0.2, 0.25) is 0 Å². The van der Waals surface area contributed by atoms with E-state index in [4.69, 9.17) is 4.74 Å². The first-order valence-corrected chi connectivity index (χ1v) is 4.76. The van der Waals surface area contributed by atoms with Gasteiger partial charge in [0.15, 0.2) is 0 Å². The maximum atomic E-state index is 5.19. The number of H-pyrrole nitrogens is 1. The highest BCUT2D eigenvalue weighted by Crippen LogP contribution is 2.28. The van der Waals surface area contributed by atoms with Gasteiger partial charge in [-0.3, -0.25) is 0 Å². The Morgan fingerprint density at radius 3 is 3.07 bits per heavy atom. The Balaban J connectivity index is 2.27. The van der Waals surface area contributed by atoms with Gasteiger partial charge < -0.3 is 15.0 Å². The molecule has 2 N–H and O–H groups in total. The molecule has 2 aromatic rings. The maximum absolute atomic E-state index is 5.19. The van der Waals surface area contributed by atoms with E-state index in [-0.39, 0.29) is 0 Å². The summed E-state index contributed by atoms with van der Waals surface area (Å²) in [6.45, 7) is 1.92. The van der Waals surface area contributed by atoms with Gasteiger partial charge in [-0.2, -0.15) is 0 Å². The standard InChI is InChI=1S/C11H12N2O/c1-14-7-2-3-8-9-5-12-6-11(9)13-10(8)4-7/h2-4,12-13H,5-6H2,1H3. The smallest absolute Gasteiger partial charge is 0.120 e. The molecule has 1 aliphatic rings. The van der Waals surface area contributed by atoms with E-state index in [9.17, 15) is 0 Å². The highest BCUT2D eigenvalue weighted by Gasteiger charge is 2.15. The topological polar surface area (TPSA) is 37.0 Å². The first kappa shape index (κ1) is 7.88. The molecule has 0 saturated heterocycles. The maximum Gasteiger partial charge on any atom is 0.120 e. The first-order chi connectivity index (χ1) is 6.88. The van der Waals surface area contributed by atoms with Crippen LogP contribution in [0.3, 0.4) is 0 Å². The zero-order valence-electron chi connectivity index (χ0n) is 8.05. The van der Waals surface area contributed by atoms with Gasteiger partial charge in [-0.1, -0.05) is 0 Å². The molecule has 0 radical (unpaired) electrons. The largest absolute Gasteiger partial charge is 0.497 e. The zero-order valence-corrected chi connectivity index (χ0v) is 8.05. The van der Waals surface area contributed by atoms with Crippen molar-refractivity contribution in [2.45, 2.75) is 13.1 Å². The van der Waals surface area contributed by atoms with Gasteiger partial charge >= 0.3 is 0 Å². The van der Waals surface area contributed by atoms with E-state index in [1.54, 1.807) is 7.11 Å². The summed E-state index contributed by atoms with van der Waals surface area (Å²) in [5.74, 6) is 0.908. The van der Waals surface area contributed by atoms with Crippen LogP contribution in [0.4, 0.5) is 0 Å². The van der Waals surface area contributed by atoms with Crippen LogP contribution in [0.15, 0.2) is 18.2 Å². The number of fused-ring (bicyclic) bond motifs is 3. The summed E-state index contributed by atoms with van der Waals surface area (Å²) in [5.41, 5.74) is 3.90. The summed E-state index contributed by atoms with van der Waals surface area (Å²) in [6.07, 6.45) is 0. The predicted octanol–water partition coefficient (Wildman–Crippen LogP) is 1.78. The van der Waals surface area contributed by atoms with Crippen LogP contribution in [-0.4, -0.2) is 12.1 Å². The molecule has 0 fully saturated rings. The molecule has 0 bridgehead atoms. The second-order valence-corrected chi connectivity index (χ2v) is 3.60. The Labute approximate surface area is 82.1 Å². The van der Waals surface area contributed by atoms with Crippen molar-refractivity contribution < 1.29 is 4.74 Å². The fourth-order valence-electron chi connectivity index (χ4n) is 2.08. The lowest BCUT2D eigenvalue weighted by molar-refractivity contribution is 0.415. The number of ether oxygens (including phenoxy) is 1. The molecule has 72 valence electrons. The molecule has 3 rings (SSSR count). The fourth-order valence-corrected chi connectivity index (χ4v) is 2.08. The van der Waals surface area contributed by atoms with Crippen LogP contribution in [-0.2, 0) is 13.1 Å². The molecule has 0 saturated carbocycles. The lowest BCUT2D eigenvalue weighted by atomic mass is 10.1. The number of methoxy groups -OCH3 is 1. The average molecular weight is 188 g/mol. The molecular formula is C11H12N2O. The molecule has 0 aliphatic carbocycles. The van der Waals surface area contributed by atoms with E-state index in [0.717, 1.165) is 18.8 Å². The Bertz CT molecular complexity index is 487. The summed E-state index contributed by atoms with van der Waals surface area (Å²) in [4.78, 5) is 3.41. The van der Waals surface area contributed by atoms with Crippen LogP contribution in [0, 0.1) is 0 Å². The van der Waals surface area contributed by atoms with Crippen molar-refractivity contribution in [2.75, 3.05) is 7.11 Å². The van der Waals surface area contributed by atoms with E-state index in [2.05, 4.69) is 16.4 Å². The minimum Gasteiger partial charge on any atom is -0.497 e. The third kappa shape index (κ3) is 0.960. The molecule has 0 unspecified atom stereocenters. The van der Waals surface area contributed by atoms with Gasteiger partial charge in [0, 0.05) is 35.8 Å². The van der Waals surface area contributed by atoms with Gasteiger partial charge in [-0.05, 0) is 17.7 Å². The number of rotatable bonds is 1. The van der Waals surface area contributed by atoms with Crippen molar-refractivity contribution >= 4 is 10.9 Å². The molecule has 14 heavy (non-hydrogen) atoms. The summed E-state index contributed by atoms with van der Waals surface area (Å²) in [5, 5.41) is 4.64. The normalized spacial score (nSPS) is 14.6. The third-order valence-electron chi connectivity index (χ3n) is 2.81. The fraction of sp³-hybridized carbons (Fsp3) is 0.273. The Kier molecular flexibility index (Phi) is 1.55. The molecule has 0 spiro atoms. The van der Waals surface area contributed by atoms with Crippen LogP contribution in [0.25, 0.3) is 10.9 Å².